The average Bonchev–Trinajstić information content (AvgIpc) is 2.95. The van der Waals surface area contributed by atoms with E-state index in [-0.39, 0.29) is 38.9 Å². The number of carbonyl (C=O) groups excluding carboxylic acids is 1. The number of nitrogens with one attached hydrogen (secondary N) is 1. The van der Waals surface area contributed by atoms with Gasteiger partial charge in [-0.05, 0) is 67.9 Å². The lowest BCUT2D eigenvalue weighted by Gasteiger charge is -2.32. The minimum absolute atomic E-state index is 0.0870. The molecule has 0 aliphatic heterocycles. The van der Waals surface area contributed by atoms with E-state index < -0.39 is 54.3 Å². The molecule has 2 aromatic carbocycles. The summed E-state index contributed by atoms with van der Waals surface area (Å²) in [5.41, 5.74) is 0.368. The fourth-order valence-corrected chi connectivity index (χ4v) is 3.83. The van der Waals surface area contributed by atoms with Crippen molar-refractivity contribution in [2.75, 3.05) is 20.3 Å². The second-order valence-electron chi connectivity index (χ2n) is 9.59. The van der Waals surface area contributed by atoms with Crippen LogP contribution in [0.4, 0.5) is 26.3 Å². The average molecular weight is 636 g/mol. The molecular formula is C29H32ClF6N3O4. The van der Waals surface area contributed by atoms with Crippen LogP contribution in [0.1, 0.15) is 49.3 Å². The van der Waals surface area contributed by atoms with Crippen molar-refractivity contribution in [2.45, 2.75) is 51.4 Å². The number of alkyl halides is 5. The molecule has 4 N–H and O–H groups in total. The first kappa shape index (κ1) is 35.6. The largest absolute Gasteiger partial charge is 0.493 e. The van der Waals surface area contributed by atoms with Gasteiger partial charge in [0.2, 0.25) is 5.60 Å². The number of hydrogen-bond acceptors (Lipinski definition) is 6. The SMILES string of the molecule is CC.COc1cc(C(=O)NCC(O)(c2cc(C(C)(C)N)cc(-c3ccc(F)c(Cl)c3)n2)C(F)(F)F)ccc1OCC(F)F. The fourth-order valence-electron chi connectivity index (χ4n) is 3.64. The van der Waals surface area contributed by atoms with Crippen LogP contribution >= 0.6 is 11.6 Å². The Balaban J connectivity index is 0.00000316. The number of aromatic nitrogens is 1. The first-order valence-corrected chi connectivity index (χ1v) is 13.3. The van der Waals surface area contributed by atoms with Crippen LogP contribution in [-0.4, -0.2) is 48.9 Å². The van der Waals surface area contributed by atoms with E-state index in [1.165, 1.54) is 33.1 Å². The Morgan fingerprint density at radius 1 is 1.07 bits per heavy atom. The van der Waals surface area contributed by atoms with Gasteiger partial charge < -0.3 is 25.6 Å². The maximum Gasteiger partial charge on any atom is 0.424 e. The molecule has 7 nitrogen and oxygen atoms in total. The molecule has 14 heteroatoms. The quantitative estimate of drug-likeness (QED) is 0.217. The smallest absolute Gasteiger partial charge is 0.424 e. The third-order valence-electron chi connectivity index (χ3n) is 5.97. The predicted molar refractivity (Wildman–Crippen MR) is 150 cm³/mol. The minimum Gasteiger partial charge on any atom is -0.493 e. The van der Waals surface area contributed by atoms with E-state index in [1.54, 1.807) is 0 Å². The van der Waals surface area contributed by atoms with Crippen LogP contribution in [0.2, 0.25) is 5.02 Å². The van der Waals surface area contributed by atoms with Crippen LogP contribution in [0.3, 0.4) is 0 Å². The van der Waals surface area contributed by atoms with Crippen LogP contribution in [0.5, 0.6) is 11.5 Å². The standard InChI is InChI=1S/C27H26ClF6N3O4.C2H6/c1-25(2,35)16-10-19(14-4-6-18(29)17(28)8-14)37-22(11-16)26(39,27(32,33)34)13-36-24(38)15-5-7-20(21(9-15)40-3)41-12-23(30)31;1-2/h4-11,23,39H,12-13,35H2,1-3H3,(H,36,38);1-2H3. The van der Waals surface area contributed by atoms with Crippen molar-refractivity contribution >= 4 is 17.5 Å². The van der Waals surface area contributed by atoms with Gasteiger partial charge in [-0.2, -0.15) is 13.2 Å². The lowest BCUT2D eigenvalue weighted by molar-refractivity contribution is -0.265. The van der Waals surface area contributed by atoms with Crippen molar-refractivity contribution < 1.29 is 45.7 Å². The highest BCUT2D eigenvalue weighted by Gasteiger charge is 2.56. The predicted octanol–water partition coefficient (Wildman–Crippen LogP) is 6.59. The molecule has 236 valence electrons. The topological polar surface area (TPSA) is 107 Å². The van der Waals surface area contributed by atoms with Gasteiger partial charge >= 0.3 is 6.18 Å². The minimum atomic E-state index is -5.34. The van der Waals surface area contributed by atoms with Crippen LogP contribution in [-0.2, 0) is 11.1 Å². The Morgan fingerprint density at radius 2 is 1.72 bits per heavy atom. The van der Waals surface area contributed by atoms with E-state index in [1.807, 2.05) is 19.2 Å². The van der Waals surface area contributed by atoms with Crippen molar-refractivity contribution in [1.82, 2.24) is 10.3 Å². The number of amides is 1. The van der Waals surface area contributed by atoms with E-state index >= 15 is 0 Å². The number of hydrogen-bond donors (Lipinski definition) is 3. The first-order valence-electron chi connectivity index (χ1n) is 12.9. The number of ether oxygens (including phenoxy) is 2. The normalized spacial score (nSPS) is 13.1. The highest BCUT2D eigenvalue weighted by Crippen LogP contribution is 2.40. The van der Waals surface area contributed by atoms with Crippen molar-refractivity contribution in [3.63, 3.8) is 0 Å². The summed E-state index contributed by atoms with van der Waals surface area (Å²) in [6, 6.07) is 9.10. The maximum atomic E-state index is 14.4. The van der Waals surface area contributed by atoms with Gasteiger partial charge in [0.25, 0.3) is 12.3 Å². The van der Waals surface area contributed by atoms with Crippen molar-refractivity contribution in [3.8, 4) is 22.8 Å². The van der Waals surface area contributed by atoms with Crippen LogP contribution in [0.15, 0.2) is 48.5 Å². The molecule has 1 amide bonds. The van der Waals surface area contributed by atoms with Gasteiger partial charge in [0, 0.05) is 16.7 Å². The summed E-state index contributed by atoms with van der Waals surface area (Å²) in [6.07, 6.45) is -8.12. The molecule has 0 aliphatic carbocycles. The molecule has 0 radical (unpaired) electrons. The zero-order valence-electron chi connectivity index (χ0n) is 24.0. The number of benzene rings is 2. The van der Waals surface area contributed by atoms with Crippen LogP contribution < -0.4 is 20.5 Å². The Hall–Kier alpha value is -3.55. The van der Waals surface area contributed by atoms with E-state index in [4.69, 9.17) is 26.8 Å². The van der Waals surface area contributed by atoms with E-state index in [0.29, 0.717) is 0 Å². The van der Waals surface area contributed by atoms with Crippen LogP contribution in [0, 0.1) is 5.82 Å². The molecule has 0 bridgehead atoms. The number of carbonyl (C=O) groups is 1. The van der Waals surface area contributed by atoms with Crippen LogP contribution in [0.25, 0.3) is 11.3 Å². The molecule has 0 saturated heterocycles. The number of pyridine rings is 1. The van der Waals surface area contributed by atoms with Gasteiger partial charge in [-0.25, -0.2) is 18.2 Å². The van der Waals surface area contributed by atoms with Crippen molar-refractivity contribution in [2.24, 2.45) is 5.73 Å². The maximum absolute atomic E-state index is 14.4. The molecule has 3 rings (SSSR count). The van der Waals surface area contributed by atoms with Crippen molar-refractivity contribution in [1.29, 1.82) is 0 Å². The third kappa shape index (κ3) is 8.74. The van der Waals surface area contributed by atoms with E-state index in [0.717, 1.165) is 36.4 Å². The lowest BCUT2D eigenvalue weighted by atomic mass is 9.89. The molecule has 0 fully saturated rings. The molecule has 0 saturated carbocycles. The summed E-state index contributed by atoms with van der Waals surface area (Å²) >= 11 is 5.85. The molecule has 3 aromatic rings. The highest BCUT2D eigenvalue weighted by atomic mass is 35.5. The summed E-state index contributed by atoms with van der Waals surface area (Å²) in [6.45, 7) is 4.72. The summed E-state index contributed by atoms with van der Waals surface area (Å²) < 4.78 is 91.8. The molecule has 0 aliphatic rings. The molecular weight excluding hydrogens is 604 g/mol. The summed E-state index contributed by atoms with van der Waals surface area (Å²) in [5, 5.41) is 12.7. The molecule has 1 heterocycles. The monoisotopic (exact) mass is 635 g/mol. The number of halogens is 7. The molecule has 1 aromatic heterocycles. The number of nitrogens with zero attached hydrogens (tertiary/aromatic N) is 1. The third-order valence-corrected chi connectivity index (χ3v) is 6.26. The molecule has 1 atom stereocenters. The number of nitrogens with two attached hydrogens (primary N) is 1. The van der Waals surface area contributed by atoms with E-state index in [9.17, 15) is 36.2 Å². The Kier molecular flexibility index (Phi) is 11.8. The zero-order chi connectivity index (χ0) is 32.8. The Bertz CT molecular complexity index is 1420. The zero-order valence-corrected chi connectivity index (χ0v) is 24.7. The summed E-state index contributed by atoms with van der Waals surface area (Å²) in [5.74, 6) is -2.04. The van der Waals surface area contributed by atoms with Crippen molar-refractivity contribution in [3.05, 3.63) is 76.2 Å². The van der Waals surface area contributed by atoms with E-state index in [2.05, 4.69) is 4.98 Å². The Morgan fingerprint density at radius 3 is 2.26 bits per heavy atom. The fraction of sp³-hybridized carbons (Fsp3) is 0.379. The van der Waals surface area contributed by atoms with Gasteiger partial charge in [-0.3, -0.25) is 4.79 Å². The first-order chi connectivity index (χ1) is 20.0. The van der Waals surface area contributed by atoms with Gasteiger partial charge in [0.1, 0.15) is 12.4 Å². The lowest BCUT2D eigenvalue weighted by Crippen LogP contribution is -2.51. The van der Waals surface area contributed by atoms with Gasteiger partial charge in [-0.15, -0.1) is 0 Å². The van der Waals surface area contributed by atoms with Gasteiger partial charge in [0.15, 0.2) is 11.5 Å². The van der Waals surface area contributed by atoms with Gasteiger partial charge in [0.05, 0.1) is 30.1 Å². The molecule has 1 unspecified atom stereocenters. The van der Waals surface area contributed by atoms with Gasteiger partial charge in [-0.1, -0.05) is 25.4 Å². The summed E-state index contributed by atoms with van der Waals surface area (Å²) in [4.78, 5) is 16.8. The number of rotatable bonds is 10. The second kappa shape index (κ2) is 14.3. The molecule has 43 heavy (non-hydrogen) atoms. The Labute approximate surface area is 250 Å². The summed E-state index contributed by atoms with van der Waals surface area (Å²) in [7, 11) is 1.18. The number of methoxy groups -OCH3 is 1. The highest BCUT2D eigenvalue weighted by molar-refractivity contribution is 6.31. The number of aliphatic hydroxyl groups is 1. The second-order valence-corrected chi connectivity index (χ2v) is 9.99. The molecule has 0 spiro atoms.